The van der Waals surface area contributed by atoms with E-state index in [4.69, 9.17) is 33.0 Å². The van der Waals surface area contributed by atoms with Gasteiger partial charge in [0.1, 0.15) is 5.75 Å². The number of hydrogen-bond acceptors (Lipinski definition) is 5. The minimum atomic E-state index is -2.55. The fraction of sp³-hybridized carbons (Fsp3) is 0.125. The van der Waals surface area contributed by atoms with Crippen LogP contribution in [0.5, 0.6) is 5.75 Å². The molecule has 0 saturated heterocycles. The van der Waals surface area contributed by atoms with E-state index in [1.807, 2.05) is 0 Å². The first-order valence-electron chi connectivity index (χ1n) is 7.37. The molecule has 3 rings (SSSR count). The van der Waals surface area contributed by atoms with E-state index < -0.39 is 17.8 Å². The Morgan fingerprint density at radius 3 is 2.59 bits per heavy atom. The van der Waals surface area contributed by atoms with Crippen molar-refractivity contribution in [2.24, 2.45) is 0 Å². The molecule has 8 nitrogen and oxygen atoms in total. The van der Waals surface area contributed by atoms with Gasteiger partial charge in [0, 0.05) is 22.2 Å². The van der Waals surface area contributed by atoms with Gasteiger partial charge in [-0.15, -0.1) is 5.10 Å². The zero-order valence-corrected chi connectivity index (χ0v) is 15.1. The quantitative estimate of drug-likeness (QED) is 0.691. The van der Waals surface area contributed by atoms with Crippen molar-refractivity contribution in [3.05, 3.63) is 57.2 Å². The molecule has 27 heavy (non-hydrogen) atoms. The first kappa shape index (κ1) is 18.9. The van der Waals surface area contributed by atoms with Crippen LogP contribution in [0.1, 0.15) is 6.30 Å². The molecule has 1 N–H and O–H groups in total. The third-order valence-electron chi connectivity index (χ3n) is 3.67. The van der Waals surface area contributed by atoms with E-state index in [1.54, 1.807) is 18.2 Å². The number of carbonyl (C=O) groups is 1. The molecule has 0 aliphatic heterocycles. The topological polar surface area (TPSA) is 99.2 Å². The highest BCUT2D eigenvalue weighted by Crippen LogP contribution is 2.35. The summed E-state index contributed by atoms with van der Waals surface area (Å²) < 4.78 is 20.8. The Labute approximate surface area is 161 Å². The minimum absolute atomic E-state index is 0.0632. The first-order chi connectivity index (χ1) is 12.8. The molecule has 140 valence electrons. The molecular weight excluding hydrogens is 402 g/mol. The van der Waals surface area contributed by atoms with Crippen molar-refractivity contribution in [2.45, 2.75) is 6.30 Å². The van der Waals surface area contributed by atoms with Crippen LogP contribution in [0, 0.1) is 0 Å². The zero-order chi connectivity index (χ0) is 19.7. The molecule has 1 atom stereocenters. The monoisotopic (exact) mass is 412 g/mol. The molecule has 3 aromatic rings. The number of hydrogen-bond donors (Lipinski definition) is 1. The molecule has 2 aromatic heterocycles. The number of alkyl halides is 1. The van der Waals surface area contributed by atoms with Gasteiger partial charge in [0.2, 0.25) is 0 Å². The molecule has 11 heteroatoms. The third-order valence-corrected chi connectivity index (χ3v) is 4.08. The van der Waals surface area contributed by atoms with E-state index >= 15 is 0 Å². The van der Waals surface area contributed by atoms with Crippen molar-refractivity contribution >= 4 is 29.2 Å². The van der Waals surface area contributed by atoms with E-state index in [0.29, 0.717) is 20.8 Å². The molecule has 0 aliphatic rings. The first-order valence-corrected chi connectivity index (χ1v) is 8.12. The van der Waals surface area contributed by atoms with Gasteiger partial charge in [-0.2, -0.15) is 0 Å². The Morgan fingerprint density at radius 2 is 2.00 bits per heavy atom. The van der Waals surface area contributed by atoms with Crippen LogP contribution < -0.4 is 10.3 Å². The molecule has 1 unspecified atom stereocenters. The molecule has 1 aromatic carbocycles. The van der Waals surface area contributed by atoms with Crippen LogP contribution in [0.2, 0.25) is 10.2 Å². The van der Waals surface area contributed by atoms with Gasteiger partial charge in [0.25, 0.3) is 11.9 Å². The van der Waals surface area contributed by atoms with Gasteiger partial charge in [-0.3, -0.25) is 9.36 Å². The van der Waals surface area contributed by atoms with Gasteiger partial charge in [0.05, 0.1) is 25.2 Å². The lowest BCUT2D eigenvalue weighted by Crippen LogP contribution is -2.26. The maximum absolute atomic E-state index is 13.8. The normalized spacial score (nSPS) is 12.0. The number of methoxy groups -OCH3 is 1. The van der Waals surface area contributed by atoms with E-state index in [9.17, 15) is 14.0 Å². The second-order valence-corrected chi connectivity index (χ2v) is 6.15. The van der Waals surface area contributed by atoms with Crippen LogP contribution in [-0.4, -0.2) is 37.7 Å². The minimum Gasteiger partial charge on any atom is -0.495 e. The molecule has 0 saturated carbocycles. The summed E-state index contributed by atoms with van der Waals surface area (Å²) in [5, 5.41) is 16.9. The van der Waals surface area contributed by atoms with Gasteiger partial charge in [0.15, 0.2) is 5.15 Å². The molecule has 0 aliphatic carbocycles. The van der Waals surface area contributed by atoms with Crippen LogP contribution in [0.3, 0.4) is 0 Å². The van der Waals surface area contributed by atoms with Crippen LogP contribution in [-0.2, 0) is 4.79 Å². The number of pyridine rings is 1. The van der Waals surface area contributed by atoms with Gasteiger partial charge < -0.3 is 9.84 Å². The van der Waals surface area contributed by atoms with Crippen LogP contribution in [0.4, 0.5) is 4.39 Å². The predicted octanol–water partition coefficient (Wildman–Crippen LogP) is 2.96. The number of aromatic nitrogens is 4. The third kappa shape index (κ3) is 3.64. The predicted molar refractivity (Wildman–Crippen MR) is 95.4 cm³/mol. The fourth-order valence-electron chi connectivity index (χ4n) is 2.48. The number of benzene rings is 1. The molecule has 0 spiro atoms. The molecule has 2 heterocycles. The molecule has 0 bridgehead atoms. The van der Waals surface area contributed by atoms with Crippen molar-refractivity contribution in [2.75, 3.05) is 7.11 Å². The van der Waals surface area contributed by atoms with E-state index in [1.165, 1.54) is 18.0 Å². The van der Waals surface area contributed by atoms with Crippen molar-refractivity contribution in [3.8, 4) is 22.6 Å². The average molecular weight is 413 g/mol. The highest BCUT2D eigenvalue weighted by Gasteiger charge is 2.23. The second kappa shape index (κ2) is 7.37. The Morgan fingerprint density at radius 1 is 1.26 bits per heavy atom. The SMILES string of the molecule is COc1cn(C(F)C(=O)O)c(=O)cc1-c1cc(Cl)ccc1-n1cc(Cl)nn1. The maximum Gasteiger partial charge on any atom is 0.360 e. The second-order valence-electron chi connectivity index (χ2n) is 5.32. The number of halogens is 3. The van der Waals surface area contributed by atoms with E-state index in [2.05, 4.69) is 10.3 Å². The molecule has 0 fully saturated rings. The standard InChI is InChI=1S/C16H11Cl2FN4O4/c1-27-12-6-22(15(19)16(25)26)14(24)5-10(12)9-4-8(17)2-3-11(9)23-7-13(18)20-21-23/h2-7,15H,1H3,(H,25,26). The van der Waals surface area contributed by atoms with Gasteiger partial charge >= 0.3 is 5.97 Å². The smallest absolute Gasteiger partial charge is 0.360 e. The number of ether oxygens (including phenoxy) is 1. The molecule has 0 radical (unpaired) electrons. The number of aliphatic carboxylic acids is 1. The molecule has 0 amide bonds. The summed E-state index contributed by atoms with van der Waals surface area (Å²) in [5.74, 6) is -1.74. The maximum atomic E-state index is 13.8. The van der Waals surface area contributed by atoms with Crippen LogP contribution in [0.25, 0.3) is 16.8 Å². The average Bonchev–Trinajstić information content (AvgIpc) is 3.06. The number of nitrogens with zero attached hydrogens (tertiary/aromatic N) is 4. The summed E-state index contributed by atoms with van der Waals surface area (Å²) >= 11 is 11.9. The summed E-state index contributed by atoms with van der Waals surface area (Å²) in [6.07, 6.45) is -0.118. The van der Waals surface area contributed by atoms with E-state index in [-0.39, 0.29) is 16.5 Å². The highest BCUT2D eigenvalue weighted by atomic mass is 35.5. The van der Waals surface area contributed by atoms with Crippen LogP contribution >= 0.6 is 23.2 Å². The van der Waals surface area contributed by atoms with E-state index in [0.717, 1.165) is 12.3 Å². The van der Waals surface area contributed by atoms with Gasteiger partial charge in [-0.05, 0) is 18.2 Å². The highest BCUT2D eigenvalue weighted by molar-refractivity contribution is 6.31. The summed E-state index contributed by atoms with van der Waals surface area (Å²) in [6, 6.07) is 5.84. The van der Waals surface area contributed by atoms with Gasteiger partial charge in [-0.1, -0.05) is 28.4 Å². The number of rotatable bonds is 5. The Hall–Kier alpha value is -2.91. The Kier molecular flexibility index (Phi) is 5.15. The largest absolute Gasteiger partial charge is 0.495 e. The Bertz CT molecular complexity index is 1080. The lowest BCUT2D eigenvalue weighted by molar-refractivity contribution is -0.146. The van der Waals surface area contributed by atoms with Crippen molar-refractivity contribution in [1.29, 1.82) is 0 Å². The lowest BCUT2D eigenvalue weighted by atomic mass is 10.0. The number of carboxylic acids is 1. The molecular formula is C16H11Cl2FN4O4. The summed E-state index contributed by atoms with van der Waals surface area (Å²) in [7, 11) is 1.30. The summed E-state index contributed by atoms with van der Waals surface area (Å²) in [4.78, 5) is 23.1. The summed E-state index contributed by atoms with van der Waals surface area (Å²) in [5.41, 5.74) is 0.295. The summed E-state index contributed by atoms with van der Waals surface area (Å²) in [6.45, 7) is 0. The number of carboxylic acid groups (broad SMARTS) is 1. The Balaban J connectivity index is 2.25. The zero-order valence-electron chi connectivity index (χ0n) is 13.6. The van der Waals surface area contributed by atoms with Crippen molar-refractivity contribution in [1.82, 2.24) is 19.6 Å². The van der Waals surface area contributed by atoms with Crippen LogP contribution in [0.15, 0.2) is 41.5 Å². The lowest BCUT2D eigenvalue weighted by Gasteiger charge is -2.16. The van der Waals surface area contributed by atoms with Gasteiger partial charge in [-0.25, -0.2) is 13.9 Å². The van der Waals surface area contributed by atoms with Crippen molar-refractivity contribution < 1.29 is 19.0 Å². The van der Waals surface area contributed by atoms with Crippen molar-refractivity contribution in [3.63, 3.8) is 0 Å². The fourth-order valence-corrected chi connectivity index (χ4v) is 2.78.